The topological polar surface area (TPSA) is 69.7 Å². The fourth-order valence-corrected chi connectivity index (χ4v) is 2.23. The molecule has 1 amide bonds. The molecule has 0 atom stereocenters. The highest BCUT2D eigenvalue weighted by molar-refractivity contribution is 5.98. The zero-order valence-corrected chi connectivity index (χ0v) is 13.5. The monoisotopic (exact) mass is 316 g/mol. The molecule has 0 saturated heterocycles. The Morgan fingerprint density at radius 3 is 2.43 bits per heavy atom. The minimum absolute atomic E-state index is 0.237. The molecule has 0 spiro atoms. The average molecular weight is 316 g/mol. The van der Waals surface area contributed by atoms with E-state index in [0.717, 1.165) is 5.69 Å². The lowest BCUT2D eigenvalue weighted by Crippen LogP contribution is -2.26. The van der Waals surface area contributed by atoms with E-state index in [-0.39, 0.29) is 5.91 Å². The van der Waals surface area contributed by atoms with Crippen LogP contribution in [0.25, 0.3) is 0 Å². The molecule has 122 valence electrons. The SMILES string of the molecule is COc1ccc(C(=O)NCCc2ccccn2)c(OC)c1OC. The second-order valence-electron chi connectivity index (χ2n) is 4.71. The molecule has 2 aromatic rings. The molecule has 0 aliphatic carbocycles. The first-order valence-corrected chi connectivity index (χ1v) is 7.18. The predicted octanol–water partition coefficient (Wildman–Crippen LogP) is 2.08. The van der Waals surface area contributed by atoms with Crippen LogP contribution in [0.5, 0.6) is 17.2 Å². The number of aromatic nitrogens is 1. The molecule has 0 aliphatic heterocycles. The van der Waals surface area contributed by atoms with Crippen LogP contribution < -0.4 is 19.5 Å². The molecule has 6 heteroatoms. The van der Waals surface area contributed by atoms with Crippen molar-refractivity contribution >= 4 is 5.91 Å². The molecular weight excluding hydrogens is 296 g/mol. The Balaban J connectivity index is 2.09. The summed E-state index contributed by atoms with van der Waals surface area (Å²) in [4.78, 5) is 16.6. The van der Waals surface area contributed by atoms with Crippen LogP contribution in [-0.4, -0.2) is 38.8 Å². The number of benzene rings is 1. The van der Waals surface area contributed by atoms with Gasteiger partial charge in [-0.15, -0.1) is 0 Å². The van der Waals surface area contributed by atoms with Crippen molar-refractivity contribution in [3.8, 4) is 17.2 Å². The summed E-state index contributed by atoms with van der Waals surface area (Å²) in [5.74, 6) is 1.02. The molecule has 23 heavy (non-hydrogen) atoms. The van der Waals surface area contributed by atoms with Crippen molar-refractivity contribution in [1.82, 2.24) is 10.3 Å². The van der Waals surface area contributed by atoms with Crippen molar-refractivity contribution in [3.63, 3.8) is 0 Å². The van der Waals surface area contributed by atoms with E-state index in [1.165, 1.54) is 21.3 Å². The first kappa shape index (κ1) is 16.6. The van der Waals surface area contributed by atoms with Crippen LogP contribution in [-0.2, 0) is 6.42 Å². The van der Waals surface area contributed by atoms with Gasteiger partial charge in [0.1, 0.15) is 0 Å². The van der Waals surface area contributed by atoms with Gasteiger partial charge in [0.2, 0.25) is 5.75 Å². The lowest BCUT2D eigenvalue weighted by molar-refractivity contribution is 0.0950. The second-order valence-corrected chi connectivity index (χ2v) is 4.71. The number of ether oxygens (including phenoxy) is 3. The Labute approximate surface area is 135 Å². The Bertz CT molecular complexity index is 659. The van der Waals surface area contributed by atoms with Crippen molar-refractivity contribution < 1.29 is 19.0 Å². The first-order valence-electron chi connectivity index (χ1n) is 7.18. The van der Waals surface area contributed by atoms with E-state index in [2.05, 4.69) is 10.3 Å². The molecule has 6 nitrogen and oxygen atoms in total. The maximum atomic E-state index is 12.4. The summed E-state index contributed by atoms with van der Waals surface area (Å²) in [6.45, 7) is 0.480. The number of rotatable bonds is 7. The quantitative estimate of drug-likeness (QED) is 0.847. The molecule has 0 fully saturated rings. The summed E-state index contributed by atoms with van der Waals surface area (Å²) >= 11 is 0. The predicted molar refractivity (Wildman–Crippen MR) is 86.4 cm³/mol. The van der Waals surface area contributed by atoms with E-state index < -0.39 is 0 Å². The van der Waals surface area contributed by atoms with Gasteiger partial charge in [-0.3, -0.25) is 9.78 Å². The number of pyridine rings is 1. The van der Waals surface area contributed by atoms with Gasteiger partial charge in [0, 0.05) is 24.9 Å². The van der Waals surface area contributed by atoms with Gasteiger partial charge in [0.25, 0.3) is 5.91 Å². The number of nitrogens with zero attached hydrogens (tertiary/aromatic N) is 1. The standard InChI is InChI=1S/C17H20N2O4/c1-21-14-8-7-13(15(22-2)16(14)23-3)17(20)19-11-9-12-6-4-5-10-18-12/h4-8,10H,9,11H2,1-3H3,(H,19,20). The fourth-order valence-electron chi connectivity index (χ4n) is 2.23. The van der Waals surface area contributed by atoms with Gasteiger partial charge >= 0.3 is 0 Å². The van der Waals surface area contributed by atoms with Crippen LogP contribution in [0.1, 0.15) is 16.1 Å². The van der Waals surface area contributed by atoms with Gasteiger partial charge in [-0.05, 0) is 24.3 Å². The minimum atomic E-state index is -0.237. The first-order chi connectivity index (χ1) is 11.2. The number of hydrogen-bond donors (Lipinski definition) is 1. The smallest absolute Gasteiger partial charge is 0.255 e. The maximum absolute atomic E-state index is 12.4. The third-order valence-corrected chi connectivity index (χ3v) is 3.34. The lowest BCUT2D eigenvalue weighted by atomic mass is 10.1. The fraction of sp³-hybridized carbons (Fsp3) is 0.294. The van der Waals surface area contributed by atoms with Crippen molar-refractivity contribution in [2.24, 2.45) is 0 Å². The second kappa shape index (κ2) is 8.03. The van der Waals surface area contributed by atoms with Crippen molar-refractivity contribution in [2.45, 2.75) is 6.42 Å². The van der Waals surface area contributed by atoms with Gasteiger partial charge in [-0.25, -0.2) is 0 Å². The molecule has 1 heterocycles. The van der Waals surface area contributed by atoms with Crippen molar-refractivity contribution in [3.05, 3.63) is 47.8 Å². The van der Waals surface area contributed by atoms with Crippen LogP contribution in [0.2, 0.25) is 0 Å². The molecule has 1 N–H and O–H groups in total. The van der Waals surface area contributed by atoms with Gasteiger partial charge in [-0.2, -0.15) is 0 Å². The Kier molecular flexibility index (Phi) is 5.80. The number of amides is 1. The van der Waals surface area contributed by atoms with Gasteiger partial charge < -0.3 is 19.5 Å². The zero-order valence-electron chi connectivity index (χ0n) is 13.5. The highest BCUT2D eigenvalue weighted by Gasteiger charge is 2.20. The lowest BCUT2D eigenvalue weighted by Gasteiger charge is -2.15. The number of nitrogens with one attached hydrogen (secondary N) is 1. The number of methoxy groups -OCH3 is 3. The number of carbonyl (C=O) groups excluding carboxylic acids is 1. The Morgan fingerprint density at radius 2 is 1.83 bits per heavy atom. The Hall–Kier alpha value is -2.76. The van der Waals surface area contributed by atoms with E-state index in [1.807, 2.05) is 18.2 Å². The van der Waals surface area contributed by atoms with Gasteiger partial charge in [0.05, 0.1) is 26.9 Å². The summed E-state index contributed by atoms with van der Waals surface area (Å²) in [5, 5.41) is 2.86. The summed E-state index contributed by atoms with van der Waals surface area (Å²) < 4.78 is 15.8. The van der Waals surface area contributed by atoms with Crippen LogP contribution in [0.15, 0.2) is 36.5 Å². The Morgan fingerprint density at radius 1 is 1.04 bits per heavy atom. The molecule has 1 aromatic heterocycles. The normalized spacial score (nSPS) is 10.0. The summed E-state index contributed by atoms with van der Waals surface area (Å²) in [5.41, 5.74) is 1.32. The third kappa shape index (κ3) is 3.91. The van der Waals surface area contributed by atoms with Crippen LogP contribution in [0, 0.1) is 0 Å². The summed E-state index contributed by atoms with van der Waals surface area (Å²) in [6.07, 6.45) is 2.39. The number of carbonyl (C=O) groups is 1. The van der Waals surface area contributed by atoms with E-state index in [0.29, 0.717) is 35.8 Å². The molecule has 0 aliphatic rings. The number of hydrogen-bond acceptors (Lipinski definition) is 5. The van der Waals surface area contributed by atoms with Crippen molar-refractivity contribution in [2.75, 3.05) is 27.9 Å². The van der Waals surface area contributed by atoms with Crippen LogP contribution >= 0.6 is 0 Å². The summed E-state index contributed by atoms with van der Waals surface area (Å²) in [6, 6.07) is 9.02. The molecule has 0 unspecified atom stereocenters. The van der Waals surface area contributed by atoms with Crippen LogP contribution in [0.3, 0.4) is 0 Å². The zero-order chi connectivity index (χ0) is 16.7. The van der Waals surface area contributed by atoms with E-state index in [4.69, 9.17) is 14.2 Å². The maximum Gasteiger partial charge on any atom is 0.255 e. The summed E-state index contributed by atoms with van der Waals surface area (Å²) in [7, 11) is 4.52. The molecule has 2 rings (SSSR count). The highest BCUT2D eigenvalue weighted by atomic mass is 16.5. The molecular formula is C17H20N2O4. The van der Waals surface area contributed by atoms with Crippen molar-refractivity contribution in [1.29, 1.82) is 0 Å². The minimum Gasteiger partial charge on any atom is -0.493 e. The molecule has 0 saturated carbocycles. The van der Waals surface area contributed by atoms with E-state index >= 15 is 0 Å². The molecule has 0 bridgehead atoms. The third-order valence-electron chi connectivity index (χ3n) is 3.34. The van der Waals surface area contributed by atoms with Gasteiger partial charge in [0.15, 0.2) is 11.5 Å². The molecule has 0 radical (unpaired) electrons. The average Bonchev–Trinajstić information content (AvgIpc) is 2.60. The largest absolute Gasteiger partial charge is 0.493 e. The van der Waals surface area contributed by atoms with Crippen LogP contribution in [0.4, 0.5) is 0 Å². The van der Waals surface area contributed by atoms with E-state index in [1.54, 1.807) is 18.3 Å². The highest BCUT2D eigenvalue weighted by Crippen LogP contribution is 2.39. The van der Waals surface area contributed by atoms with Gasteiger partial charge in [-0.1, -0.05) is 6.07 Å². The van der Waals surface area contributed by atoms with E-state index in [9.17, 15) is 4.79 Å². The molecule has 1 aromatic carbocycles.